The second-order valence-electron chi connectivity index (χ2n) is 6.34. The van der Waals surface area contributed by atoms with Crippen molar-refractivity contribution in [1.29, 1.82) is 0 Å². The Balaban J connectivity index is 1.70. The lowest BCUT2D eigenvalue weighted by molar-refractivity contribution is -0.156. The summed E-state index contributed by atoms with van der Waals surface area (Å²) in [5, 5.41) is 2.39. The fourth-order valence-electron chi connectivity index (χ4n) is 2.93. The zero-order chi connectivity index (χ0) is 21.0. The number of amides is 1. The summed E-state index contributed by atoms with van der Waals surface area (Å²) in [4.78, 5) is 31.9. The second-order valence-corrected chi connectivity index (χ2v) is 8.20. The van der Waals surface area contributed by atoms with Crippen LogP contribution in [-0.2, 0) is 24.3 Å². The van der Waals surface area contributed by atoms with Gasteiger partial charge in [-0.15, -0.1) is 0 Å². The summed E-state index contributed by atoms with van der Waals surface area (Å²) >= 11 is 0. The van der Waals surface area contributed by atoms with Gasteiger partial charge in [-0.1, -0.05) is 12.1 Å². The molecule has 3 rings (SSSR count). The molecule has 2 aromatic rings. The van der Waals surface area contributed by atoms with Crippen LogP contribution >= 0.6 is 0 Å². The molecule has 1 amide bonds. The molecule has 1 N–H and O–H groups in total. The summed E-state index contributed by atoms with van der Waals surface area (Å²) in [6.45, 7) is 1.40. The van der Waals surface area contributed by atoms with Gasteiger partial charge >= 0.3 is 5.97 Å². The molecule has 0 saturated carbocycles. The van der Waals surface area contributed by atoms with Crippen LogP contribution in [0.2, 0.25) is 0 Å². The van der Waals surface area contributed by atoms with Crippen LogP contribution in [0.25, 0.3) is 0 Å². The van der Waals surface area contributed by atoms with E-state index in [1.54, 1.807) is 6.07 Å². The van der Waals surface area contributed by atoms with Gasteiger partial charge in [-0.25, -0.2) is 22.8 Å². The van der Waals surface area contributed by atoms with Crippen LogP contribution in [0, 0.1) is 5.82 Å². The molecular weight excluding hydrogens is 403 g/mol. The number of carbonyl (C=O) groups is 2. The Hall–Kier alpha value is -2.92. The van der Waals surface area contributed by atoms with E-state index in [2.05, 4.69) is 15.3 Å². The van der Waals surface area contributed by atoms with E-state index in [0.29, 0.717) is 6.42 Å². The van der Waals surface area contributed by atoms with Gasteiger partial charge in [-0.05, 0) is 38.0 Å². The zero-order valence-electron chi connectivity index (χ0n) is 15.5. The molecule has 2 atom stereocenters. The van der Waals surface area contributed by atoms with Crippen LogP contribution in [0.1, 0.15) is 19.8 Å². The van der Waals surface area contributed by atoms with E-state index in [1.165, 1.54) is 31.5 Å². The summed E-state index contributed by atoms with van der Waals surface area (Å²) in [7, 11) is -4.23. The number of halogens is 1. The number of ether oxygens (including phenoxy) is 1. The number of sulfonamides is 1. The van der Waals surface area contributed by atoms with Crippen molar-refractivity contribution in [3.8, 4) is 0 Å². The van der Waals surface area contributed by atoms with Crippen molar-refractivity contribution < 1.29 is 27.1 Å². The SMILES string of the molecule is C[C@H](OC(=O)[C@@H]1CCCN1S(=O)(=O)c1ccccc1F)C(=O)Nc1ncccn1. The number of hydrogen-bond donors (Lipinski definition) is 1. The lowest BCUT2D eigenvalue weighted by atomic mass is 10.2. The van der Waals surface area contributed by atoms with E-state index < -0.39 is 44.8 Å². The number of benzene rings is 1. The van der Waals surface area contributed by atoms with E-state index in [4.69, 9.17) is 4.74 Å². The Bertz CT molecular complexity index is 1000. The Labute approximate surface area is 167 Å². The molecule has 1 aliphatic heterocycles. The van der Waals surface area contributed by atoms with Crippen molar-refractivity contribution >= 4 is 27.8 Å². The van der Waals surface area contributed by atoms with Crippen molar-refractivity contribution in [3.05, 3.63) is 48.5 Å². The molecule has 1 aliphatic rings. The molecule has 154 valence electrons. The monoisotopic (exact) mass is 422 g/mol. The summed E-state index contributed by atoms with van der Waals surface area (Å²) in [5.41, 5.74) is 0. The third-order valence-electron chi connectivity index (χ3n) is 4.36. The Morgan fingerprint density at radius 1 is 1.24 bits per heavy atom. The van der Waals surface area contributed by atoms with Crippen LogP contribution in [-0.4, -0.2) is 53.3 Å². The van der Waals surface area contributed by atoms with Gasteiger partial charge in [0.15, 0.2) is 6.10 Å². The number of carbonyl (C=O) groups excluding carboxylic acids is 2. The first-order chi connectivity index (χ1) is 13.8. The minimum Gasteiger partial charge on any atom is -0.451 e. The third kappa shape index (κ3) is 4.57. The van der Waals surface area contributed by atoms with Crippen molar-refractivity contribution in [2.75, 3.05) is 11.9 Å². The first kappa shape index (κ1) is 20.8. The first-order valence-corrected chi connectivity index (χ1v) is 10.3. The van der Waals surface area contributed by atoms with Crippen molar-refractivity contribution in [2.45, 2.75) is 36.8 Å². The molecule has 2 heterocycles. The van der Waals surface area contributed by atoms with Crippen molar-refractivity contribution in [3.63, 3.8) is 0 Å². The number of hydrogen-bond acceptors (Lipinski definition) is 7. The molecule has 0 unspecified atom stereocenters. The van der Waals surface area contributed by atoms with Crippen molar-refractivity contribution in [2.24, 2.45) is 0 Å². The highest BCUT2D eigenvalue weighted by atomic mass is 32.2. The maximum Gasteiger partial charge on any atom is 0.325 e. The van der Waals surface area contributed by atoms with Gasteiger partial charge in [-0.2, -0.15) is 4.31 Å². The Kier molecular flexibility index (Phi) is 6.18. The highest BCUT2D eigenvalue weighted by molar-refractivity contribution is 7.89. The molecule has 9 nitrogen and oxygen atoms in total. The summed E-state index contributed by atoms with van der Waals surface area (Å²) < 4.78 is 45.7. The normalized spacial score (nSPS) is 18.2. The fourth-order valence-corrected chi connectivity index (χ4v) is 4.64. The van der Waals surface area contributed by atoms with Gasteiger partial charge in [0.1, 0.15) is 16.8 Å². The van der Waals surface area contributed by atoms with E-state index >= 15 is 0 Å². The lowest BCUT2D eigenvalue weighted by Crippen LogP contribution is -2.43. The third-order valence-corrected chi connectivity index (χ3v) is 6.30. The predicted octanol–water partition coefficient (Wildman–Crippen LogP) is 1.34. The fraction of sp³-hybridized carbons (Fsp3) is 0.333. The van der Waals surface area contributed by atoms with Gasteiger partial charge in [0.2, 0.25) is 16.0 Å². The first-order valence-electron chi connectivity index (χ1n) is 8.85. The van der Waals surface area contributed by atoms with Gasteiger partial charge in [0.05, 0.1) is 0 Å². The number of rotatable bonds is 6. The number of esters is 1. The second kappa shape index (κ2) is 8.62. The summed E-state index contributed by atoms with van der Waals surface area (Å²) in [6.07, 6.45) is 2.28. The molecule has 0 radical (unpaired) electrons. The zero-order valence-corrected chi connectivity index (χ0v) is 16.3. The predicted molar refractivity (Wildman–Crippen MR) is 99.5 cm³/mol. The largest absolute Gasteiger partial charge is 0.451 e. The maximum absolute atomic E-state index is 14.0. The van der Waals surface area contributed by atoms with Crippen molar-refractivity contribution in [1.82, 2.24) is 14.3 Å². The smallest absolute Gasteiger partial charge is 0.325 e. The number of nitrogens with one attached hydrogen (secondary N) is 1. The standard InChI is InChI=1S/C18H19FN4O5S/c1-12(16(24)22-18-20-9-5-10-21-18)28-17(25)14-7-4-11-23(14)29(26,27)15-8-3-2-6-13(15)19/h2-3,5-6,8-10,12,14H,4,7,11H2,1H3,(H,20,21,22,24)/t12-,14-/m0/s1. The summed E-state index contributed by atoms with van der Waals surface area (Å²) in [6, 6.07) is 5.39. The minimum absolute atomic E-state index is 0.0463. The van der Waals surface area contributed by atoms with Gasteiger partial charge in [0.25, 0.3) is 5.91 Å². The van der Waals surface area contributed by atoms with E-state index in [-0.39, 0.29) is 18.9 Å². The average Bonchev–Trinajstić information content (AvgIpc) is 3.20. The molecule has 1 aromatic heterocycles. The van der Waals surface area contributed by atoms with E-state index in [0.717, 1.165) is 16.4 Å². The molecule has 0 spiro atoms. The molecular formula is C18H19FN4O5S. The maximum atomic E-state index is 14.0. The van der Waals surface area contributed by atoms with Crippen LogP contribution in [0.3, 0.4) is 0 Å². The van der Waals surface area contributed by atoms with Crippen LogP contribution in [0.15, 0.2) is 47.6 Å². The van der Waals surface area contributed by atoms with Crippen LogP contribution < -0.4 is 5.32 Å². The van der Waals surface area contributed by atoms with E-state index in [1.807, 2.05) is 0 Å². The molecule has 0 bridgehead atoms. The molecule has 11 heteroatoms. The number of anilines is 1. The molecule has 29 heavy (non-hydrogen) atoms. The molecule has 1 fully saturated rings. The molecule has 1 aromatic carbocycles. The topological polar surface area (TPSA) is 119 Å². The lowest BCUT2D eigenvalue weighted by Gasteiger charge is -2.24. The quantitative estimate of drug-likeness (QED) is 0.698. The van der Waals surface area contributed by atoms with Crippen LogP contribution in [0.5, 0.6) is 0 Å². The van der Waals surface area contributed by atoms with Gasteiger partial charge in [0, 0.05) is 18.9 Å². The Morgan fingerprint density at radius 2 is 1.93 bits per heavy atom. The van der Waals surface area contributed by atoms with Gasteiger partial charge in [-0.3, -0.25) is 14.9 Å². The minimum atomic E-state index is -4.23. The molecule has 0 aliphatic carbocycles. The van der Waals surface area contributed by atoms with E-state index in [9.17, 15) is 22.4 Å². The number of nitrogens with zero attached hydrogens (tertiary/aromatic N) is 3. The number of aromatic nitrogens is 2. The summed E-state index contributed by atoms with van der Waals surface area (Å²) in [5.74, 6) is -2.39. The molecule has 1 saturated heterocycles. The van der Waals surface area contributed by atoms with Crippen LogP contribution in [0.4, 0.5) is 10.3 Å². The Morgan fingerprint density at radius 3 is 2.62 bits per heavy atom. The van der Waals surface area contributed by atoms with Gasteiger partial charge < -0.3 is 4.74 Å². The average molecular weight is 422 g/mol. The highest BCUT2D eigenvalue weighted by Gasteiger charge is 2.42. The highest BCUT2D eigenvalue weighted by Crippen LogP contribution is 2.28.